The molecule has 0 aromatic carbocycles. The summed E-state index contributed by atoms with van der Waals surface area (Å²) < 4.78 is 0. The Labute approximate surface area is 92.0 Å². The molecule has 0 aromatic rings. The molecule has 3 N–H and O–H groups in total. The molecule has 1 fully saturated rings. The van der Waals surface area contributed by atoms with Crippen LogP contribution in [0.3, 0.4) is 0 Å². The molecule has 0 unspecified atom stereocenters. The van der Waals surface area contributed by atoms with Gasteiger partial charge in [-0.3, -0.25) is 4.79 Å². The van der Waals surface area contributed by atoms with Gasteiger partial charge < -0.3 is 10.8 Å². The summed E-state index contributed by atoms with van der Waals surface area (Å²) in [6.07, 6.45) is 2.29. The summed E-state index contributed by atoms with van der Waals surface area (Å²) in [4.78, 5) is 10.9. The Morgan fingerprint density at radius 3 is 2.27 bits per heavy atom. The second-order valence-corrected chi connectivity index (χ2v) is 6.24. The van der Waals surface area contributed by atoms with E-state index in [9.17, 15) is 4.79 Å². The zero-order valence-corrected chi connectivity index (χ0v) is 10.2. The summed E-state index contributed by atoms with van der Waals surface area (Å²) >= 11 is 0. The minimum atomic E-state index is -0.695. The number of carboxylic acid groups (broad SMARTS) is 1. The fraction of sp³-hybridized carbons (Fsp3) is 0.917. The second kappa shape index (κ2) is 3.78. The molecule has 1 aliphatic carbocycles. The summed E-state index contributed by atoms with van der Waals surface area (Å²) in [5, 5.41) is 9.00. The maximum Gasteiger partial charge on any atom is 0.306 e. The van der Waals surface area contributed by atoms with Gasteiger partial charge in [-0.15, -0.1) is 0 Å². The Morgan fingerprint density at radius 1 is 1.40 bits per heavy atom. The number of rotatable bonds is 1. The van der Waals surface area contributed by atoms with Crippen LogP contribution < -0.4 is 5.73 Å². The van der Waals surface area contributed by atoms with E-state index in [1.54, 1.807) is 0 Å². The normalized spacial score (nSPS) is 37.7. The monoisotopic (exact) mass is 213 g/mol. The van der Waals surface area contributed by atoms with E-state index in [1.807, 2.05) is 6.92 Å². The summed E-state index contributed by atoms with van der Waals surface area (Å²) in [6.45, 7) is 8.55. The van der Waals surface area contributed by atoms with Crippen LogP contribution in [0.25, 0.3) is 0 Å². The first-order chi connectivity index (χ1) is 6.64. The topological polar surface area (TPSA) is 63.3 Å². The molecule has 0 radical (unpaired) electrons. The Hall–Kier alpha value is -0.570. The Kier molecular flexibility index (Phi) is 3.15. The number of carboxylic acids is 1. The predicted molar refractivity (Wildman–Crippen MR) is 60.5 cm³/mol. The zero-order valence-electron chi connectivity index (χ0n) is 10.2. The Balaban J connectivity index is 2.80. The van der Waals surface area contributed by atoms with Crippen LogP contribution in [0.1, 0.15) is 47.0 Å². The van der Waals surface area contributed by atoms with Crippen LogP contribution in [0.15, 0.2) is 0 Å². The lowest BCUT2D eigenvalue weighted by Gasteiger charge is -2.47. The highest BCUT2D eigenvalue weighted by Crippen LogP contribution is 2.44. The third kappa shape index (κ3) is 2.71. The van der Waals surface area contributed by atoms with Crippen LogP contribution in [0, 0.1) is 17.3 Å². The SMILES string of the molecule is CC(C)(C)[C@@H]1CC[C@@H](C(=O)O)C[C@]1(C)N. The third-order valence-electron chi connectivity index (χ3n) is 3.68. The smallest absolute Gasteiger partial charge is 0.306 e. The van der Waals surface area contributed by atoms with Gasteiger partial charge in [-0.05, 0) is 37.5 Å². The molecule has 1 aliphatic rings. The van der Waals surface area contributed by atoms with Crippen LogP contribution in [0.5, 0.6) is 0 Å². The number of nitrogens with two attached hydrogens (primary N) is 1. The molecule has 3 heteroatoms. The van der Waals surface area contributed by atoms with Gasteiger partial charge in [0.25, 0.3) is 0 Å². The summed E-state index contributed by atoms with van der Waals surface area (Å²) in [5.41, 5.74) is 6.09. The number of hydrogen-bond acceptors (Lipinski definition) is 2. The lowest BCUT2D eigenvalue weighted by molar-refractivity contribution is -0.144. The van der Waals surface area contributed by atoms with Crippen molar-refractivity contribution < 1.29 is 9.90 Å². The van der Waals surface area contributed by atoms with Crippen molar-refractivity contribution in [2.24, 2.45) is 23.0 Å². The molecule has 0 amide bonds. The van der Waals surface area contributed by atoms with Crippen LogP contribution in [-0.4, -0.2) is 16.6 Å². The van der Waals surface area contributed by atoms with Crippen molar-refractivity contribution in [2.75, 3.05) is 0 Å². The van der Waals surface area contributed by atoms with E-state index < -0.39 is 5.97 Å². The summed E-state index contributed by atoms with van der Waals surface area (Å²) in [5.74, 6) is -0.543. The molecular formula is C12H23NO2. The van der Waals surface area contributed by atoms with Crippen LogP contribution in [0.4, 0.5) is 0 Å². The van der Waals surface area contributed by atoms with Crippen molar-refractivity contribution in [3.63, 3.8) is 0 Å². The quantitative estimate of drug-likeness (QED) is 0.702. The lowest BCUT2D eigenvalue weighted by Crippen LogP contribution is -2.54. The van der Waals surface area contributed by atoms with Crippen molar-refractivity contribution in [3.8, 4) is 0 Å². The van der Waals surface area contributed by atoms with Crippen molar-refractivity contribution >= 4 is 5.97 Å². The van der Waals surface area contributed by atoms with Gasteiger partial charge in [0.05, 0.1) is 5.92 Å². The molecule has 0 heterocycles. The van der Waals surface area contributed by atoms with Gasteiger partial charge in [0.1, 0.15) is 0 Å². The van der Waals surface area contributed by atoms with E-state index in [0.29, 0.717) is 12.3 Å². The number of hydrogen-bond donors (Lipinski definition) is 2. The molecule has 0 spiro atoms. The van der Waals surface area contributed by atoms with E-state index in [2.05, 4.69) is 20.8 Å². The third-order valence-corrected chi connectivity index (χ3v) is 3.68. The summed E-state index contributed by atoms with van der Waals surface area (Å²) in [6, 6.07) is 0. The maximum absolute atomic E-state index is 10.9. The van der Waals surface area contributed by atoms with E-state index in [-0.39, 0.29) is 16.9 Å². The number of aliphatic carboxylic acids is 1. The van der Waals surface area contributed by atoms with Gasteiger partial charge >= 0.3 is 5.97 Å². The standard InChI is InChI=1S/C12H23NO2/c1-11(2,3)9-6-5-8(10(14)15)7-12(9,4)13/h8-9H,5-7,13H2,1-4H3,(H,14,15)/t8-,9+,12+/m1/s1. The molecule has 3 nitrogen and oxygen atoms in total. The lowest BCUT2D eigenvalue weighted by atomic mass is 9.61. The van der Waals surface area contributed by atoms with Gasteiger partial charge in [0, 0.05) is 5.54 Å². The highest BCUT2D eigenvalue weighted by atomic mass is 16.4. The first kappa shape index (κ1) is 12.5. The predicted octanol–water partition coefficient (Wildman–Crippen LogP) is 2.25. The Morgan fingerprint density at radius 2 is 1.93 bits per heavy atom. The fourth-order valence-electron chi connectivity index (χ4n) is 3.11. The molecule has 3 atom stereocenters. The van der Waals surface area contributed by atoms with Gasteiger partial charge in [0.15, 0.2) is 0 Å². The largest absolute Gasteiger partial charge is 0.481 e. The van der Waals surface area contributed by atoms with Gasteiger partial charge in [0.2, 0.25) is 0 Å². The average molecular weight is 213 g/mol. The van der Waals surface area contributed by atoms with Crippen LogP contribution >= 0.6 is 0 Å². The second-order valence-electron chi connectivity index (χ2n) is 6.24. The van der Waals surface area contributed by atoms with Crippen molar-refractivity contribution in [2.45, 2.75) is 52.5 Å². The highest BCUT2D eigenvalue weighted by Gasteiger charge is 2.44. The molecular weight excluding hydrogens is 190 g/mol. The minimum Gasteiger partial charge on any atom is -0.481 e. The average Bonchev–Trinajstić information content (AvgIpc) is 1.99. The van der Waals surface area contributed by atoms with Crippen molar-refractivity contribution in [1.29, 1.82) is 0 Å². The van der Waals surface area contributed by atoms with E-state index >= 15 is 0 Å². The fourth-order valence-corrected chi connectivity index (χ4v) is 3.11. The van der Waals surface area contributed by atoms with Gasteiger partial charge in [-0.25, -0.2) is 0 Å². The summed E-state index contributed by atoms with van der Waals surface area (Å²) in [7, 11) is 0. The van der Waals surface area contributed by atoms with Gasteiger partial charge in [-0.2, -0.15) is 0 Å². The number of carbonyl (C=O) groups is 1. The maximum atomic E-state index is 10.9. The molecule has 1 rings (SSSR count). The highest BCUT2D eigenvalue weighted by molar-refractivity contribution is 5.70. The molecule has 1 saturated carbocycles. The first-order valence-electron chi connectivity index (χ1n) is 5.66. The minimum absolute atomic E-state index is 0.160. The van der Waals surface area contributed by atoms with E-state index in [4.69, 9.17) is 10.8 Å². The first-order valence-corrected chi connectivity index (χ1v) is 5.66. The Bertz CT molecular complexity index is 253. The molecule has 0 saturated heterocycles. The van der Waals surface area contributed by atoms with E-state index in [1.165, 1.54) is 0 Å². The molecule has 0 bridgehead atoms. The molecule has 0 aliphatic heterocycles. The molecule has 0 aromatic heterocycles. The van der Waals surface area contributed by atoms with Crippen molar-refractivity contribution in [1.82, 2.24) is 0 Å². The van der Waals surface area contributed by atoms with Crippen LogP contribution in [0.2, 0.25) is 0 Å². The van der Waals surface area contributed by atoms with Gasteiger partial charge in [-0.1, -0.05) is 20.8 Å². The van der Waals surface area contributed by atoms with Crippen LogP contribution in [-0.2, 0) is 4.79 Å². The van der Waals surface area contributed by atoms with Crippen molar-refractivity contribution in [3.05, 3.63) is 0 Å². The molecule has 88 valence electrons. The zero-order chi connectivity index (χ0) is 11.9. The van der Waals surface area contributed by atoms with E-state index in [0.717, 1.165) is 12.8 Å². The molecule has 15 heavy (non-hydrogen) atoms.